The number of aromatic nitrogens is 3. The zero-order valence-electron chi connectivity index (χ0n) is 21.1. The smallest absolute Gasteiger partial charge is 0.225 e. The maximum Gasteiger partial charge on any atom is 0.225 e. The first-order valence-corrected chi connectivity index (χ1v) is 13.9. The van der Waals surface area contributed by atoms with Crippen molar-refractivity contribution in [2.24, 2.45) is 46.8 Å². The van der Waals surface area contributed by atoms with Gasteiger partial charge in [0, 0.05) is 12.0 Å². The van der Waals surface area contributed by atoms with Gasteiger partial charge in [-0.3, -0.25) is 4.79 Å². The molecule has 2 aromatic heterocycles. The van der Waals surface area contributed by atoms with Crippen molar-refractivity contribution in [2.75, 3.05) is 6.61 Å². The standard InChI is InChI=1S/C29H38FN3O2/c1-17-6-8-19-18(12-17)7-9-21-20(19)10-11-29(2)23(21)4-3-5-24(29)26(34)15-35-28-22-13-27(30)31-14-25(22)32-16-33-28/h13-14,16-21,23-24H,3-12,15H2,1-2H3/t17-,18+,19-,20+,21+,23-,24+,29-/m0/s1. The first-order valence-electron chi connectivity index (χ1n) is 13.9. The Balaban J connectivity index is 1.18. The van der Waals surface area contributed by atoms with Crippen molar-refractivity contribution in [3.63, 3.8) is 0 Å². The predicted molar refractivity (Wildman–Crippen MR) is 132 cm³/mol. The van der Waals surface area contributed by atoms with Gasteiger partial charge in [-0.2, -0.15) is 4.39 Å². The van der Waals surface area contributed by atoms with Gasteiger partial charge in [0.05, 0.1) is 17.1 Å². The van der Waals surface area contributed by atoms with Crippen LogP contribution in [0, 0.1) is 52.8 Å². The molecular formula is C29H38FN3O2. The van der Waals surface area contributed by atoms with E-state index in [0.717, 1.165) is 42.4 Å². The highest BCUT2D eigenvalue weighted by Gasteiger charge is 2.56. The average molecular weight is 480 g/mol. The molecule has 6 heteroatoms. The second kappa shape index (κ2) is 9.08. The van der Waals surface area contributed by atoms with E-state index in [4.69, 9.17) is 4.74 Å². The van der Waals surface area contributed by atoms with Crippen LogP contribution in [0.3, 0.4) is 0 Å². The minimum absolute atomic E-state index is 0.0142. The van der Waals surface area contributed by atoms with E-state index in [1.54, 1.807) is 0 Å². The van der Waals surface area contributed by atoms with Gasteiger partial charge in [-0.25, -0.2) is 15.0 Å². The van der Waals surface area contributed by atoms with Gasteiger partial charge in [-0.05, 0) is 92.3 Å². The van der Waals surface area contributed by atoms with Gasteiger partial charge in [0.1, 0.15) is 12.9 Å². The third-order valence-corrected chi connectivity index (χ3v) is 10.6. The lowest BCUT2D eigenvalue weighted by Gasteiger charge is -2.60. The molecule has 8 atom stereocenters. The molecule has 0 aliphatic heterocycles. The lowest BCUT2D eigenvalue weighted by Crippen LogP contribution is -2.54. The van der Waals surface area contributed by atoms with Gasteiger partial charge in [0.15, 0.2) is 5.78 Å². The summed E-state index contributed by atoms with van der Waals surface area (Å²) in [4.78, 5) is 25.6. The summed E-state index contributed by atoms with van der Waals surface area (Å²) in [5.74, 6) is 4.97. The molecule has 6 rings (SSSR count). The SMILES string of the molecule is C[C@H]1CC[C@H]2[C@H](CC[C@@H]3[C@@H]2CC[C@]2(C)[C@@H](C(=O)COc4ncnc5cnc(F)cc45)CCC[C@@H]32)C1. The number of hydrogen-bond donors (Lipinski definition) is 0. The quantitative estimate of drug-likeness (QED) is 0.474. The molecule has 188 valence electrons. The minimum atomic E-state index is -0.606. The van der Waals surface area contributed by atoms with Gasteiger partial charge in [-0.1, -0.05) is 26.7 Å². The van der Waals surface area contributed by atoms with Crippen molar-refractivity contribution in [3.05, 3.63) is 24.5 Å². The lowest BCUT2D eigenvalue weighted by molar-refractivity contribution is -0.146. The molecule has 0 amide bonds. The van der Waals surface area contributed by atoms with Crippen molar-refractivity contribution in [2.45, 2.75) is 78.1 Å². The van der Waals surface area contributed by atoms with Crippen molar-refractivity contribution < 1.29 is 13.9 Å². The Morgan fingerprint density at radius 2 is 1.91 bits per heavy atom. The van der Waals surface area contributed by atoms with Crippen LogP contribution in [0.1, 0.15) is 78.1 Å². The molecule has 35 heavy (non-hydrogen) atoms. The first kappa shape index (κ1) is 23.3. The monoisotopic (exact) mass is 479 g/mol. The van der Waals surface area contributed by atoms with Crippen molar-refractivity contribution in [1.82, 2.24) is 15.0 Å². The fourth-order valence-corrected chi connectivity index (χ4v) is 9.08. The summed E-state index contributed by atoms with van der Waals surface area (Å²) >= 11 is 0. The molecule has 0 saturated heterocycles. The largest absolute Gasteiger partial charge is 0.469 e. The molecule has 4 fully saturated rings. The number of rotatable bonds is 4. The van der Waals surface area contributed by atoms with Gasteiger partial charge in [0.2, 0.25) is 11.8 Å². The van der Waals surface area contributed by atoms with E-state index >= 15 is 0 Å². The number of pyridine rings is 1. The Labute approximate surface area is 207 Å². The van der Waals surface area contributed by atoms with Gasteiger partial charge in [-0.15, -0.1) is 0 Å². The molecule has 2 heterocycles. The van der Waals surface area contributed by atoms with E-state index in [1.807, 2.05) is 0 Å². The molecule has 0 N–H and O–H groups in total. The third kappa shape index (κ3) is 4.05. The van der Waals surface area contributed by atoms with Crippen LogP contribution in [-0.4, -0.2) is 27.3 Å². The molecule has 4 saturated carbocycles. The van der Waals surface area contributed by atoms with Gasteiger partial charge < -0.3 is 4.74 Å². The number of halogens is 1. The van der Waals surface area contributed by atoms with E-state index < -0.39 is 5.95 Å². The van der Waals surface area contributed by atoms with Crippen LogP contribution in [0.25, 0.3) is 10.9 Å². The zero-order valence-corrected chi connectivity index (χ0v) is 21.1. The van der Waals surface area contributed by atoms with Crippen LogP contribution < -0.4 is 4.74 Å². The number of carbonyl (C=O) groups is 1. The highest BCUT2D eigenvalue weighted by atomic mass is 19.1. The highest BCUT2D eigenvalue weighted by Crippen LogP contribution is 2.63. The van der Waals surface area contributed by atoms with Crippen LogP contribution >= 0.6 is 0 Å². The van der Waals surface area contributed by atoms with E-state index in [1.165, 1.54) is 70.0 Å². The topological polar surface area (TPSA) is 65.0 Å². The van der Waals surface area contributed by atoms with Crippen LogP contribution in [0.2, 0.25) is 0 Å². The summed E-state index contributed by atoms with van der Waals surface area (Å²) in [7, 11) is 0. The van der Waals surface area contributed by atoms with Gasteiger partial charge in [0.25, 0.3) is 0 Å². The summed E-state index contributed by atoms with van der Waals surface area (Å²) in [6, 6.07) is 1.27. The highest BCUT2D eigenvalue weighted by molar-refractivity contribution is 5.85. The second-order valence-electron chi connectivity index (χ2n) is 12.3. The normalized spacial score (nSPS) is 38.8. The summed E-state index contributed by atoms with van der Waals surface area (Å²) in [5.41, 5.74) is 0.581. The van der Waals surface area contributed by atoms with Crippen LogP contribution in [0.15, 0.2) is 18.6 Å². The average Bonchev–Trinajstić information content (AvgIpc) is 2.86. The fraction of sp³-hybridized carbons (Fsp3) is 0.724. The molecule has 0 radical (unpaired) electrons. The van der Waals surface area contributed by atoms with E-state index in [0.29, 0.717) is 16.8 Å². The fourth-order valence-electron chi connectivity index (χ4n) is 9.08. The lowest BCUT2D eigenvalue weighted by atomic mass is 9.44. The van der Waals surface area contributed by atoms with Crippen molar-refractivity contribution in [1.29, 1.82) is 0 Å². The molecule has 4 aliphatic rings. The second-order valence-corrected chi connectivity index (χ2v) is 12.3. The Kier molecular flexibility index (Phi) is 6.04. The Morgan fingerprint density at radius 3 is 2.80 bits per heavy atom. The predicted octanol–water partition coefficient (Wildman–Crippen LogP) is 6.41. The van der Waals surface area contributed by atoms with E-state index in [9.17, 15) is 9.18 Å². The minimum Gasteiger partial charge on any atom is -0.469 e. The molecule has 4 aliphatic carbocycles. The Bertz CT molecular complexity index is 1110. The summed E-state index contributed by atoms with van der Waals surface area (Å²) in [6.07, 6.45) is 15.6. The number of ketones is 1. The zero-order chi connectivity index (χ0) is 24.2. The molecule has 0 spiro atoms. The van der Waals surface area contributed by atoms with Crippen LogP contribution in [-0.2, 0) is 4.79 Å². The van der Waals surface area contributed by atoms with Crippen molar-refractivity contribution in [3.8, 4) is 5.88 Å². The number of fused-ring (bicyclic) bond motifs is 6. The number of carbonyl (C=O) groups excluding carboxylic acids is 1. The molecular weight excluding hydrogens is 441 g/mol. The molecule has 5 nitrogen and oxygen atoms in total. The maximum atomic E-state index is 13.7. The number of Topliss-reactive ketones (excluding diaryl/α,β-unsaturated/α-hetero) is 1. The van der Waals surface area contributed by atoms with Gasteiger partial charge >= 0.3 is 0 Å². The third-order valence-electron chi connectivity index (χ3n) is 10.6. The van der Waals surface area contributed by atoms with E-state index in [2.05, 4.69) is 28.8 Å². The Morgan fingerprint density at radius 1 is 1.06 bits per heavy atom. The maximum absolute atomic E-state index is 13.7. The molecule has 2 aromatic rings. The summed E-state index contributed by atoms with van der Waals surface area (Å²) in [5, 5.41) is 0.458. The van der Waals surface area contributed by atoms with Crippen LogP contribution in [0.5, 0.6) is 5.88 Å². The summed E-state index contributed by atoms with van der Waals surface area (Å²) < 4.78 is 19.6. The van der Waals surface area contributed by atoms with Crippen molar-refractivity contribution >= 4 is 16.7 Å². The molecule has 0 unspecified atom stereocenters. The van der Waals surface area contributed by atoms with E-state index in [-0.39, 0.29) is 29.6 Å². The Hall–Kier alpha value is -2.11. The number of hydrogen-bond acceptors (Lipinski definition) is 5. The number of ether oxygens (including phenoxy) is 1. The summed E-state index contributed by atoms with van der Waals surface area (Å²) in [6.45, 7) is 4.84. The van der Waals surface area contributed by atoms with Crippen LogP contribution in [0.4, 0.5) is 4.39 Å². The molecule has 0 aromatic carbocycles. The molecule has 0 bridgehead atoms. The number of nitrogens with zero attached hydrogens (tertiary/aromatic N) is 3. The first-order chi connectivity index (χ1) is 16.9.